The number of anilines is 2. The second kappa shape index (κ2) is 4.59. The maximum absolute atomic E-state index is 5.75. The molecule has 0 aliphatic rings. The Kier molecular flexibility index (Phi) is 2.89. The van der Waals surface area contributed by atoms with Crippen molar-refractivity contribution in [3.8, 4) is 0 Å². The quantitative estimate of drug-likeness (QED) is 0.415. The Balaban J connectivity index is 2.36. The molecule has 3 aromatic rings. The number of aromatic nitrogens is 2. The fourth-order valence-electron chi connectivity index (χ4n) is 2.14. The molecular weight excluding hydrogens is 252 g/mol. The highest BCUT2D eigenvalue weighted by Gasteiger charge is 2.08. The number of rotatable bonds is 2. The van der Waals surface area contributed by atoms with E-state index in [2.05, 4.69) is 9.97 Å². The molecule has 2 aromatic heterocycles. The van der Waals surface area contributed by atoms with Crippen molar-refractivity contribution in [3.05, 3.63) is 36.4 Å². The molecule has 2 heterocycles. The number of hydrogen-bond donors (Lipinski definition) is 2. The molecule has 6 nitrogen and oxygen atoms in total. The van der Waals surface area contributed by atoms with Crippen molar-refractivity contribution in [2.75, 3.05) is 24.1 Å². The fraction of sp³-hybridized carbons (Fsp3) is 0.143. The zero-order valence-electron chi connectivity index (χ0n) is 11.4. The van der Waals surface area contributed by atoms with Crippen LogP contribution in [0.3, 0.4) is 0 Å². The monoisotopic (exact) mass is 268 g/mol. The van der Waals surface area contributed by atoms with E-state index < -0.39 is 0 Å². The summed E-state index contributed by atoms with van der Waals surface area (Å²) in [6.45, 7) is 0. The molecule has 0 saturated carbocycles. The van der Waals surface area contributed by atoms with Crippen LogP contribution in [0, 0.1) is 0 Å². The highest BCUT2D eigenvalue weighted by atomic mass is 15.4. The molecule has 0 amide bonds. The molecule has 6 heteroatoms. The summed E-state index contributed by atoms with van der Waals surface area (Å²) in [6.07, 6.45) is 0. The summed E-state index contributed by atoms with van der Waals surface area (Å²) in [7, 11) is 3.51. The van der Waals surface area contributed by atoms with Gasteiger partial charge < -0.3 is 0 Å². The van der Waals surface area contributed by atoms with Crippen molar-refractivity contribution >= 4 is 33.4 Å². The van der Waals surface area contributed by atoms with Gasteiger partial charge in [0.25, 0.3) is 0 Å². The van der Waals surface area contributed by atoms with E-state index in [1.54, 1.807) is 14.1 Å². The summed E-state index contributed by atoms with van der Waals surface area (Å²) in [4.78, 5) is 9.16. The Hall–Kier alpha value is -2.44. The van der Waals surface area contributed by atoms with Crippen LogP contribution in [0.2, 0.25) is 0 Å². The Morgan fingerprint density at radius 2 is 1.05 bits per heavy atom. The summed E-state index contributed by atoms with van der Waals surface area (Å²) in [6, 6.07) is 11.8. The van der Waals surface area contributed by atoms with Gasteiger partial charge in [-0.3, -0.25) is 10.0 Å². The molecule has 0 fully saturated rings. The van der Waals surface area contributed by atoms with Gasteiger partial charge in [-0.1, -0.05) is 12.1 Å². The van der Waals surface area contributed by atoms with Gasteiger partial charge in [0.1, 0.15) is 11.6 Å². The summed E-state index contributed by atoms with van der Waals surface area (Å²) in [5.74, 6) is 12.9. The second-order valence-corrected chi connectivity index (χ2v) is 4.77. The Bertz CT molecular complexity index is 714. The van der Waals surface area contributed by atoms with Gasteiger partial charge in [0, 0.05) is 24.9 Å². The largest absolute Gasteiger partial charge is 0.298 e. The molecule has 20 heavy (non-hydrogen) atoms. The third-order valence-electron chi connectivity index (χ3n) is 3.21. The smallest absolute Gasteiger partial charge is 0.143 e. The molecule has 0 spiro atoms. The molecule has 0 atom stereocenters. The van der Waals surface area contributed by atoms with Crippen molar-refractivity contribution in [3.63, 3.8) is 0 Å². The lowest BCUT2D eigenvalue weighted by Crippen LogP contribution is -2.26. The normalized spacial score (nSPS) is 11.0. The molecule has 3 rings (SSSR count). The molecule has 102 valence electrons. The summed E-state index contributed by atoms with van der Waals surface area (Å²) >= 11 is 0. The average Bonchev–Trinajstić information content (AvgIpc) is 2.45. The Morgan fingerprint density at radius 3 is 1.40 bits per heavy atom. The third-order valence-corrected chi connectivity index (χ3v) is 3.21. The number of pyridine rings is 2. The topological polar surface area (TPSA) is 84.3 Å². The average molecular weight is 268 g/mol. The van der Waals surface area contributed by atoms with Crippen LogP contribution < -0.4 is 21.7 Å². The summed E-state index contributed by atoms with van der Waals surface area (Å²) in [5.41, 5.74) is 1.64. The lowest BCUT2D eigenvalue weighted by molar-refractivity contribution is 0.981. The van der Waals surface area contributed by atoms with Gasteiger partial charge in [0.05, 0.1) is 11.0 Å². The molecule has 0 aliphatic carbocycles. The van der Waals surface area contributed by atoms with E-state index in [1.165, 1.54) is 10.0 Å². The fourth-order valence-corrected chi connectivity index (χ4v) is 2.14. The summed E-state index contributed by atoms with van der Waals surface area (Å²) < 4.78 is 0. The maximum atomic E-state index is 5.75. The van der Waals surface area contributed by atoms with Crippen molar-refractivity contribution in [1.29, 1.82) is 0 Å². The summed E-state index contributed by atoms with van der Waals surface area (Å²) in [5, 5.41) is 5.01. The molecule has 1 aromatic carbocycles. The van der Waals surface area contributed by atoms with E-state index in [4.69, 9.17) is 11.7 Å². The number of benzene rings is 1. The van der Waals surface area contributed by atoms with Crippen molar-refractivity contribution in [1.82, 2.24) is 9.97 Å². The van der Waals surface area contributed by atoms with Crippen molar-refractivity contribution in [2.45, 2.75) is 0 Å². The minimum atomic E-state index is 0.693. The third kappa shape index (κ3) is 2.01. The highest BCUT2D eigenvalue weighted by molar-refractivity contribution is 6.03. The number of hydrogen-bond acceptors (Lipinski definition) is 6. The minimum Gasteiger partial charge on any atom is -0.298 e. The van der Waals surface area contributed by atoms with Crippen LogP contribution in [0.4, 0.5) is 11.6 Å². The first-order chi connectivity index (χ1) is 9.56. The molecule has 0 unspecified atom stereocenters. The highest BCUT2D eigenvalue weighted by Crippen LogP contribution is 2.25. The number of hydrazine groups is 2. The maximum Gasteiger partial charge on any atom is 0.143 e. The molecule has 0 bridgehead atoms. The number of fused-ring (bicyclic) bond motifs is 3. The van der Waals surface area contributed by atoms with E-state index in [-0.39, 0.29) is 0 Å². The SMILES string of the molecule is CN(N)c1ccc2ccc3ccc(N(C)N)nc3c2n1. The Labute approximate surface area is 116 Å². The Morgan fingerprint density at radius 1 is 0.700 bits per heavy atom. The lowest BCUT2D eigenvalue weighted by atomic mass is 10.1. The van der Waals surface area contributed by atoms with Crippen LogP contribution in [0.25, 0.3) is 21.8 Å². The van der Waals surface area contributed by atoms with Crippen LogP contribution in [-0.4, -0.2) is 24.1 Å². The zero-order valence-corrected chi connectivity index (χ0v) is 11.4. The van der Waals surface area contributed by atoms with Gasteiger partial charge in [-0.15, -0.1) is 0 Å². The van der Waals surface area contributed by atoms with Gasteiger partial charge in [-0.25, -0.2) is 21.7 Å². The first kappa shape index (κ1) is 12.6. The predicted molar refractivity (Wildman–Crippen MR) is 82.2 cm³/mol. The molecule has 0 saturated heterocycles. The van der Waals surface area contributed by atoms with Crippen LogP contribution in [0.5, 0.6) is 0 Å². The van der Waals surface area contributed by atoms with E-state index >= 15 is 0 Å². The zero-order chi connectivity index (χ0) is 14.3. The van der Waals surface area contributed by atoms with Crippen molar-refractivity contribution < 1.29 is 0 Å². The van der Waals surface area contributed by atoms with Gasteiger partial charge in [-0.05, 0) is 24.3 Å². The molecule has 0 aliphatic heterocycles. The van der Waals surface area contributed by atoms with Crippen LogP contribution in [0.1, 0.15) is 0 Å². The first-order valence-electron chi connectivity index (χ1n) is 6.23. The lowest BCUT2D eigenvalue weighted by Gasteiger charge is -2.14. The van der Waals surface area contributed by atoms with Crippen LogP contribution in [-0.2, 0) is 0 Å². The standard InChI is InChI=1S/C14H16N6/c1-19(15)11-7-5-9-3-4-10-6-8-12(20(2)16)18-14(10)13(9)17-11/h3-8H,15-16H2,1-2H3. The molecule has 4 N–H and O–H groups in total. The first-order valence-corrected chi connectivity index (χ1v) is 6.23. The van der Waals surface area contributed by atoms with Crippen LogP contribution >= 0.6 is 0 Å². The van der Waals surface area contributed by atoms with Gasteiger partial charge in [0.2, 0.25) is 0 Å². The number of nitrogens with two attached hydrogens (primary N) is 2. The van der Waals surface area contributed by atoms with E-state index in [0.29, 0.717) is 11.6 Å². The second-order valence-electron chi connectivity index (χ2n) is 4.77. The van der Waals surface area contributed by atoms with E-state index in [1.807, 2.05) is 36.4 Å². The van der Waals surface area contributed by atoms with E-state index in [0.717, 1.165) is 21.8 Å². The van der Waals surface area contributed by atoms with Crippen LogP contribution in [0.15, 0.2) is 36.4 Å². The minimum absolute atomic E-state index is 0.693. The van der Waals surface area contributed by atoms with E-state index in [9.17, 15) is 0 Å². The predicted octanol–water partition coefficient (Wildman–Crippen LogP) is 1.40. The van der Waals surface area contributed by atoms with Gasteiger partial charge in [0.15, 0.2) is 0 Å². The molecule has 0 radical (unpaired) electrons. The van der Waals surface area contributed by atoms with Gasteiger partial charge in [-0.2, -0.15) is 0 Å². The molecular formula is C14H16N6. The van der Waals surface area contributed by atoms with Crippen molar-refractivity contribution in [2.24, 2.45) is 11.7 Å². The van der Waals surface area contributed by atoms with Gasteiger partial charge >= 0.3 is 0 Å². The number of nitrogens with zero attached hydrogens (tertiary/aromatic N) is 4.